The maximum Gasteiger partial charge on any atom is 0.240 e. The number of likely N-dealkylation sites (tertiary alicyclic amines) is 1. The molecule has 1 saturated heterocycles. The van der Waals surface area contributed by atoms with Crippen molar-refractivity contribution in [2.45, 2.75) is 44.7 Å². The Balaban J connectivity index is 1.87. The van der Waals surface area contributed by atoms with E-state index in [9.17, 15) is 4.79 Å². The predicted octanol–water partition coefficient (Wildman–Crippen LogP) is 0.889. The molecule has 16 heavy (non-hydrogen) atoms. The summed E-state index contributed by atoms with van der Waals surface area (Å²) < 4.78 is 0. The summed E-state index contributed by atoms with van der Waals surface area (Å²) >= 11 is 0. The van der Waals surface area contributed by atoms with Crippen LogP contribution >= 0.6 is 0 Å². The molecule has 1 heterocycles. The summed E-state index contributed by atoms with van der Waals surface area (Å²) in [6.07, 6.45) is 3.45. The van der Waals surface area contributed by atoms with Crippen LogP contribution in [0.3, 0.4) is 0 Å². The molecular formula is C12H19N3O. The fraction of sp³-hybridized carbons (Fsp3) is 0.833. The van der Waals surface area contributed by atoms with E-state index in [-0.39, 0.29) is 11.9 Å². The predicted molar refractivity (Wildman–Crippen MR) is 60.5 cm³/mol. The van der Waals surface area contributed by atoms with Gasteiger partial charge in [-0.15, -0.1) is 0 Å². The van der Waals surface area contributed by atoms with Crippen LogP contribution in [-0.2, 0) is 4.79 Å². The van der Waals surface area contributed by atoms with Crippen LogP contribution in [0.4, 0.5) is 0 Å². The highest BCUT2D eigenvalue weighted by Gasteiger charge is 2.51. The van der Waals surface area contributed by atoms with Gasteiger partial charge in [0.1, 0.15) is 5.41 Å². The van der Waals surface area contributed by atoms with Gasteiger partial charge < -0.3 is 10.2 Å². The van der Waals surface area contributed by atoms with Crippen LogP contribution in [0, 0.1) is 16.7 Å². The second-order valence-electron chi connectivity index (χ2n) is 5.22. The summed E-state index contributed by atoms with van der Waals surface area (Å²) in [5.41, 5.74) is -0.674. The number of piperidine rings is 1. The van der Waals surface area contributed by atoms with Gasteiger partial charge in [0, 0.05) is 18.6 Å². The fourth-order valence-corrected chi connectivity index (χ4v) is 2.26. The zero-order valence-electron chi connectivity index (χ0n) is 9.99. The smallest absolute Gasteiger partial charge is 0.240 e. The zero-order valence-corrected chi connectivity index (χ0v) is 9.99. The number of amides is 1. The van der Waals surface area contributed by atoms with Gasteiger partial charge in [0.2, 0.25) is 5.91 Å². The Morgan fingerprint density at radius 2 is 2.25 bits per heavy atom. The van der Waals surface area contributed by atoms with Gasteiger partial charge >= 0.3 is 0 Å². The first-order valence-electron chi connectivity index (χ1n) is 6.00. The van der Waals surface area contributed by atoms with Crippen molar-refractivity contribution in [3.05, 3.63) is 0 Å². The number of nitrogens with one attached hydrogen (secondary N) is 1. The molecule has 0 aromatic heterocycles. The highest BCUT2D eigenvalue weighted by Crippen LogP contribution is 2.45. The largest absolute Gasteiger partial charge is 0.352 e. The van der Waals surface area contributed by atoms with Gasteiger partial charge in [-0.05, 0) is 39.7 Å². The molecule has 88 valence electrons. The van der Waals surface area contributed by atoms with Crippen molar-refractivity contribution in [3.63, 3.8) is 0 Å². The van der Waals surface area contributed by atoms with Gasteiger partial charge in [0.25, 0.3) is 0 Å². The molecule has 0 aromatic rings. The number of nitriles is 1. The molecule has 1 N–H and O–H groups in total. The summed E-state index contributed by atoms with van der Waals surface area (Å²) in [4.78, 5) is 14.2. The van der Waals surface area contributed by atoms with Crippen molar-refractivity contribution >= 4 is 5.91 Å². The van der Waals surface area contributed by atoms with E-state index in [4.69, 9.17) is 5.26 Å². The van der Waals surface area contributed by atoms with Crippen molar-refractivity contribution in [1.29, 1.82) is 5.26 Å². The van der Waals surface area contributed by atoms with Crippen molar-refractivity contribution in [2.75, 3.05) is 13.6 Å². The molecule has 2 aliphatic rings. The maximum absolute atomic E-state index is 11.9. The number of carbonyl (C=O) groups is 1. The lowest BCUT2D eigenvalue weighted by molar-refractivity contribution is -0.125. The van der Waals surface area contributed by atoms with E-state index in [0.29, 0.717) is 6.04 Å². The summed E-state index contributed by atoms with van der Waals surface area (Å²) in [5.74, 6) is -0.0447. The first-order chi connectivity index (χ1) is 7.57. The fourth-order valence-electron chi connectivity index (χ4n) is 2.26. The number of rotatable bonds is 2. The molecule has 2 rings (SSSR count). The van der Waals surface area contributed by atoms with Crippen LogP contribution in [0.25, 0.3) is 0 Å². The van der Waals surface area contributed by atoms with Crippen LogP contribution in [0.15, 0.2) is 0 Å². The molecule has 1 saturated carbocycles. The van der Waals surface area contributed by atoms with E-state index in [1.807, 2.05) is 0 Å². The first-order valence-corrected chi connectivity index (χ1v) is 6.00. The molecular weight excluding hydrogens is 202 g/mol. The highest BCUT2D eigenvalue weighted by molar-refractivity contribution is 5.88. The zero-order chi connectivity index (χ0) is 11.8. The monoisotopic (exact) mass is 221 g/mol. The molecule has 0 radical (unpaired) electrons. The number of carbonyl (C=O) groups excluding carboxylic acids is 1. The van der Waals surface area contributed by atoms with E-state index >= 15 is 0 Å². The highest BCUT2D eigenvalue weighted by atomic mass is 16.2. The van der Waals surface area contributed by atoms with Gasteiger partial charge in [-0.25, -0.2) is 0 Å². The Morgan fingerprint density at radius 1 is 1.56 bits per heavy atom. The minimum atomic E-state index is -0.674. The average molecular weight is 221 g/mol. The Morgan fingerprint density at radius 3 is 2.75 bits per heavy atom. The Labute approximate surface area is 96.6 Å². The van der Waals surface area contributed by atoms with Crippen molar-refractivity contribution in [1.82, 2.24) is 10.2 Å². The van der Waals surface area contributed by atoms with Gasteiger partial charge in [-0.3, -0.25) is 4.79 Å². The topological polar surface area (TPSA) is 56.1 Å². The van der Waals surface area contributed by atoms with Crippen LogP contribution in [0.5, 0.6) is 0 Å². The quantitative estimate of drug-likeness (QED) is 0.753. The maximum atomic E-state index is 11.9. The third kappa shape index (κ3) is 2.05. The Kier molecular flexibility index (Phi) is 2.90. The first kappa shape index (κ1) is 11.4. The van der Waals surface area contributed by atoms with Gasteiger partial charge in [-0.1, -0.05) is 0 Å². The molecule has 2 atom stereocenters. The van der Waals surface area contributed by atoms with E-state index in [1.165, 1.54) is 0 Å². The Bertz CT molecular complexity index is 330. The summed E-state index contributed by atoms with van der Waals surface area (Å²) in [5, 5.41) is 12.0. The average Bonchev–Trinajstić information content (AvgIpc) is 3.04. The minimum absolute atomic E-state index is 0.0447. The van der Waals surface area contributed by atoms with Gasteiger partial charge in [0.15, 0.2) is 0 Å². The lowest BCUT2D eigenvalue weighted by atomic mass is 9.97. The van der Waals surface area contributed by atoms with E-state index in [2.05, 4.69) is 30.3 Å². The summed E-state index contributed by atoms with van der Waals surface area (Å²) in [6, 6.07) is 2.90. The van der Waals surface area contributed by atoms with Crippen molar-refractivity contribution in [3.8, 4) is 6.07 Å². The van der Waals surface area contributed by atoms with Crippen LogP contribution < -0.4 is 5.32 Å². The third-order valence-electron chi connectivity index (χ3n) is 3.94. The number of hydrogen-bond donors (Lipinski definition) is 1. The molecule has 2 fully saturated rings. The van der Waals surface area contributed by atoms with E-state index < -0.39 is 5.41 Å². The number of nitrogens with zero attached hydrogens (tertiary/aromatic N) is 2. The molecule has 1 aliphatic carbocycles. The van der Waals surface area contributed by atoms with Crippen LogP contribution in [0.1, 0.15) is 32.6 Å². The molecule has 1 aliphatic heterocycles. The van der Waals surface area contributed by atoms with Crippen molar-refractivity contribution < 1.29 is 4.79 Å². The molecule has 4 heteroatoms. The van der Waals surface area contributed by atoms with Crippen LogP contribution in [-0.4, -0.2) is 36.5 Å². The molecule has 4 nitrogen and oxygen atoms in total. The van der Waals surface area contributed by atoms with Crippen molar-refractivity contribution in [2.24, 2.45) is 5.41 Å². The van der Waals surface area contributed by atoms with Crippen LogP contribution in [0.2, 0.25) is 0 Å². The summed E-state index contributed by atoms with van der Waals surface area (Å²) in [6.45, 7) is 3.20. The van der Waals surface area contributed by atoms with E-state index in [1.54, 1.807) is 0 Å². The lowest BCUT2D eigenvalue weighted by Gasteiger charge is -2.35. The third-order valence-corrected chi connectivity index (χ3v) is 3.94. The van der Waals surface area contributed by atoms with Gasteiger partial charge in [0.05, 0.1) is 6.07 Å². The molecule has 1 amide bonds. The molecule has 0 spiro atoms. The van der Waals surface area contributed by atoms with Gasteiger partial charge in [-0.2, -0.15) is 5.26 Å². The minimum Gasteiger partial charge on any atom is -0.352 e. The lowest BCUT2D eigenvalue weighted by Crippen LogP contribution is -2.48. The molecule has 0 bridgehead atoms. The molecule has 0 aromatic carbocycles. The SMILES string of the molecule is CC1CC(NC(=O)C2(C#N)CC2)CCN1C. The molecule has 2 unspecified atom stereocenters. The second-order valence-corrected chi connectivity index (χ2v) is 5.22. The van der Waals surface area contributed by atoms with E-state index in [0.717, 1.165) is 32.2 Å². The Hall–Kier alpha value is -1.08. The normalized spacial score (nSPS) is 32.8. The number of hydrogen-bond acceptors (Lipinski definition) is 3. The summed E-state index contributed by atoms with van der Waals surface area (Å²) in [7, 11) is 2.11. The standard InChI is InChI=1S/C12H19N3O/c1-9-7-10(3-6-15(9)2)14-11(16)12(8-13)4-5-12/h9-10H,3-7H2,1-2H3,(H,14,16). The second kappa shape index (κ2) is 4.06.